The number of hydrogen-bond acceptors (Lipinski definition) is 4. The predicted octanol–water partition coefficient (Wildman–Crippen LogP) is 6.98. The van der Waals surface area contributed by atoms with Gasteiger partial charge in [-0.1, -0.05) is 54.6 Å². The van der Waals surface area contributed by atoms with Gasteiger partial charge in [-0.25, -0.2) is 9.97 Å². The Morgan fingerprint density at radius 3 is 2.19 bits per heavy atom. The lowest BCUT2D eigenvalue weighted by Crippen LogP contribution is -1.92. The molecule has 0 bridgehead atoms. The second kappa shape index (κ2) is 8.20. The summed E-state index contributed by atoms with van der Waals surface area (Å²) < 4.78 is 8.18. The Kier molecular flexibility index (Phi) is 5.10. The van der Waals surface area contributed by atoms with Crippen molar-refractivity contribution in [2.75, 3.05) is 0 Å². The van der Waals surface area contributed by atoms with E-state index in [2.05, 4.69) is 42.2 Å². The minimum atomic E-state index is 0.776. The molecule has 0 spiro atoms. The molecule has 2 aromatic heterocycles. The van der Waals surface area contributed by atoms with Crippen LogP contribution >= 0.6 is 11.3 Å². The molecule has 0 amide bonds. The Bertz CT molecular complexity index is 1340. The Morgan fingerprint density at radius 2 is 1.48 bits per heavy atom. The van der Waals surface area contributed by atoms with Crippen molar-refractivity contribution in [2.24, 2.45) is 7.05 Å². The van der Waals surface area contributed by atoms with Crippen molar-refractivity contribution >= 4 is 11.3 Å². The quantitative estimate of drug-likeness (QED) is 0.306. The highest BCUT2D eigenvalue weighted by atomic mass is 32.1. The van der Waals surface area contributed by atoms with Crippen LogP contribution < -0.4 is 4.74 Å². The number of thiazole rings is 1. The summed E-state index contributed by atoms with van der Waals surface area (Å²) in [6, 6.07) is 26.5. The lowest BCUT2D eigenvalue weighted by Gasteiger charge is -2.09. The van der Waals surface area contributed by atoms with Gasteiger partial charge in [0.1, 0.15) is 22.3 Å². The van der Waals surface area contributed by atoms with E-state index in [1.165, 1.54) is 10.4 Å². The van der Waals surface area contributed by atoms with Gasteiger partial charge in [0, 0.05) is 30.6 Å². The van der Waals surface area contributed by atoms with Gasteiger partial charge in [-0.15, -0.1) is 11.3 Å². The minimum Gasteiger partial charge on any atom is -0.457 e. The van der Waals surface area contributed by atoms with Crippen LogP contribution in [-0.2, 0) is 7.05 Å². The number of hydrogen-bond donors (Lipinski definition) is 0. The predicted molar refractivity (Wildman–Crippen MR) is 126 cm³/mol. The number of aromatic nitrogens is 3. The second-order valence-electron chi connectivity index (χ2n) is 7.32. The summed E-state index contributed by atoms with van der Waals surface area (Å²) in [5.41, 5.74) is 4.31. The molecule has 0 radical (unpaired) electrons. The molecule has 0 fully saturated rings. The Hall–Kier alpha value is -3.70. The van der Waals surface area contributed by atoms with Gasteiger partial charge >= 0.3 is 0 Å². The summed E-state index contributed by atoms with van der Waals surface area (Å²) in [5.74, 6) is 2.47. The van der Waals surface area contributed by atoms with Gasteiger partial charge < -0.3 is 9.30 Å². The third-order valence-electron chi connectivity index (χ3n) is 5.06. The number of rotatable bonds is 5. The molecule has 0 N–H and O–H groups in total. The first kappa shape index (κ1) is 19.3. The molecule has 31 heavy (non-hydrogen) atoms. The lowest BCUT2D eigenvalue weighted by atomic mass is 10.2. The van der Waals surface area contributed by atoms with Crippen molar-refractivity contribution in [1.29, 1.82) is 0 Å². The normalized spacial score (nSPS) is 10.9. The van der Waals surface area contributed by atoms with Crippen LogP contribution in [0.1, 0.15) is 5.69 Å². The zero-order valence-corrected chi connectivity index (χ0v) is 18.1. The fourth-order valence-corrected chi connectivity index (χ4v) is 4.62. The molecule has 0 saturated heterocycles. The van der Waals surface area contributed by atoms with Crippen molar-refractivity contribution in [1.82, 2.24) is 14.5 Å². The van der Waals surface area contributed by atoms with Crippen LogP contribution in [0.25, 0.3) is 32.4 Å². The van der Waals surface area contributed by atoms with E-state index in [4.69, 9.17) is 9.72 Å². The van der Waals surface area contributed by atoms with Crippen LogP contribution in [0, 0.1) is 6.92 Å². The van der Waals surface area contributed by atoms with E-state index in [-0.39, 0.29) is 0 Å². The minimum absolute atomic E-state index is 0.776. The number of imidazole rings is 1. The average molecular weight is 424 g/mol. The second-order valence-corrected chi connectivity index (χ2v) is 8.32. The van der Waals surface area contributed by atoms with Crippen LogP contribution in [0.4, 0.5) is 0 Å². The number of nitrogens with zero attached hydrogens (tertiary/aromatic N) is 3. The van der Waals surface area contributed by atoms with E-state index in [0.717, 1.165) is 39.2 Å². The topological polar surface area (TPSA) is 39.9 Å². The number of ether oxygens (including phenoxy) is 1. The maximum atomic E-state index is 6.18. The van der Waals surface area contributed by atoms with Crippen LogP contribution in [0.5, 0.6) is 11.5 Å². The molecule has 5 rings (SSSR count). The van der Waals surface area contributed by atoms with E-state index < -0.39 is 0 Å². The van der Waals surface area contributed by atoms with Gasteiger partial charge in [0.25, 0.3) is 0 Å². The highest BCUT2D eigenvalue weighted by Crippen LogP contribution is 2.36. The van der Waals surface area contributed by atoms with Crippen LogP contribution in [0.2, 0.25) is 0 Å². The molecule has 0 aliphatic carbocycles. The summed E-state index contributed by atoms with van der Waals surface area (Å²) in [6.45, 7) is 2.06. The number of benzene rings is 3. The van der Waals surface area contributed by atoms with E-state index >= 15 is 0 Å². The maximum absolute atomic E-state index is 6.18. The Balaban J connectivity index is 1.43. The molecule has 152 valence electrons. The van der Waals surface area contributed by atoms with Gasteiger partial charge in [0.15, 0.2) is 0 Å². The maximum Gasteiger partial charge on any atom is 0.139 e. The standard InChI is InChI=1S/C26H21N3OS/c1-18-24(19-8-4-3-5-9-19)31-26(28-18)21-11-7-13-23(17-21)30-22-12-6-10-20(16-22)25-27-14-15-29(25)2/h3-17H,1-2H3. The van der Waals surface area contributed by atoms with Gasteiger partial charge in [0.2, 0.25) is 0 Å². The summed E-state index contributed by atoms with van der Waals surface area (Å²) in [4.78, 5) is 10.4. The molecular formula is C26H21N3OS. The fourth-order valence-electron chi connectivity index (χ4n) is 3.55. The van der Waals surface area contributed by atoms with Crippen molar-refractivity contribution in [3.63, 3.8) is 0 Å². The molecule has 0 saturated carbocycles. The van der Waals surface area contributed by atoms with E-state index in [1.807, 2.05) is 66.3 Å². The molecule has 0 atom stereocenters. The Labute approximate surface area is 185 Å². The van der Waals surface area contributed by atoms with Crippen LogP contribution in [0.15, 0.2) is 91.3 Å². The first-order valence-corrected chi connectivity index (χ1v) is 10.9. The first-order valence-electron chi connectivity index (χ1n) is 10.1. The molecular weight excluding hydrogens is 402 g/mol. The van der Waals surface area contributed by atoms with Gasteiger partial charge in [-0.3, -0.25) is 0 Å². The molecule has 3 aromatic carbocycles. The third kappa shape index (κ3) is 4.00. The van der Waals surface area contributed by atoms with E-state index in [9.17, 15) is 0 Å². The monoisotopic (exact) mass is 423 g/mol. The van der Waals surface area contributed by atoms with Crippen molar-refractivity contribution in [3.8, 4) is 43.9 Å². The van der Waals surface area contributed by atoms with Gasteiger partial charge in [-0.2, -0.15) is 0 Å². The zero-order chi connectivity index (χ0) is 21.2. The number of aryl methyl sites for hydroxylation is 2. The molecule has 2 heterocycles. The first-order chi connectivity index (χ1) is 15.2. The molecule has 4 nitrogen and oxygen atoms in total. The Morgan fingerprint density at radius 1 is 0.806 bits per heavy atom. The van der Waals surface area contributed by atoms with E-state index in [0.29, 0.717) is 0 Å². The lowest BCUT2D eigenvalue weighted by molar-refractivity contribution is 0.483. The van der Waals surface area contributed by atoms with Crippen molar-refractivity contribution in [3.05, 3.63) is 97.0 Å². The molecule has 0 unspecified atom stereocenters. The third-order valence-corrected chi connectivity index (χ3v) is 6.32. The summed E-state index contributed by atoms with van der Waals surface area (Å²) in [6.07, 6.45) is 3.73. The molecule has 5 aromatic rings. The average Bonchev–Trinajstić information content (AvgIpc) is 3.40. The van der Waals surface area contributed by atoms with Gasteiger partial charge in [-0.05, 0) is 36.8 Å². The summed E-state index contributed by atoms with van der Waals surface area (Å²) in [7, 11) is 1.99. The smallest absolute Gasteiger partial charge is 0.139 e. The van der Waals surface area contributed by atoms with Crippen LogP contribution in [0.3, 0.4) is 0 Å². The zero-order valence-electron chi connectivity index (χ0n) is 17.3. The van der Waals surface area contributed by atoms with Crippen LogP contribution in [-0.4, -0.2) is 14.5 Å². The molecule has 5 heteroatoms. The van der Waals surface area contributed by atoms with Gasteiger partial charge in [0.05, 0.1) is 10.6 Å². The largest absolute Gasteiger partial charge is 0.457 e. The fraction of sp³-hybridized carbons (Fsp3) is 0.0769. The summed E-state index contributed by atoms with van der Waals surface area (Å²) >= 11 is 1.71. The van der Waals surface area contributed by atoms with Crippen molar-refractivity contribution < 1.29 is 4.74 Å². The highest BCUT2D eigenvalue weighted by molar-refractivity contribution is 7.18. The van der Waals surface area contributed by atoms with E-state index in [1.54, 1.807) is 17.5 Å². The van der Waals surface area contributed by atoms with Crippen molar-refractivity contribution in [2.45, 2.75) is 6.92 Å². The molecule has 0 aliphatic heterocycles. The SMILES string of the molecule is Cc1nc(-c2cccc(Oc3cccc(-c4nccn4C)c3)c2)sc1-c1ccccc1. The highest BCUT2D eigenvalue weighted by Gasteiger charge is 2.12. The molecule has 0 aliphatic rings. The summed E-state index contributed by atoms with van der Waals surface area (Å²) in [5, 5.41) is 0.989.